The number of non-ortho nitro benzene ring substituents is 1. The van der Waals surface area contributed by atoms with Gasteiger partial charge in [0.1, 0.15) is 14.9 Å². The average molecular weight is 479 g/mol. The van der Waals surface area contributed by atoms with Crippen molar-refractivity contribution < 1.29 is 18.1 Å². The Labute approximate surface area is 181 Å². The molecule has 0 fully saturated rings. The monoisotopic (exact) mass is 478 g/mol. The topological polar surface area (TPSA) is 132 Å². The Balaban J connectivity index is 1.51. The van der Waals surface area contributed by atoms with Gasteiger partial charge in [-0.2, -0.15) is 11.3 Å². The van der Waals surface area contributed by atoms with Crippen LogP contribution in [0, 0.1) is 10.1 Å². The van der Waals surface area contributed by atoms with E-state index in [2.05, 4.69) is 15.3 Å². The number of nitrogens with one attached hydrogen (secondary N) is 1. The van der Waals surface area contributed by atoms with Crippen LogP contribution in [-0.2, 0) is 9.84 Å². The molecule has 3 heterocycles. The molecule has 0 spiro atoms. The van der Waals surface area contributed by atoms with Crippen LogP contribution in [0.2, 0.25) is 0 Å². The Morgan fingerprint density at radius 2 is 1.90 bits per heavy atom. The van der Waals surface area contributed by atoms with E-state index in [4.69, 9.17) is 0 Å². The van der Waals surface area contributed by atoms with Gasteiger partial charge in [-0.15, -0.1) is 11.3 Å². The molecule has 0 radical (unpaired) electrons. The Morgan fingerprint density at radius 1 is 1.13 bits per heavy atom. The second-order valence-electron chi connectivity index (χ2n) is 5.74. The van der Waals surface area contributed by atoms with Crippen molar-refractivity contribution in [2.45, 2.75) is 9.10 Å². The highest BCUT2D eigenvalue weighted by molar-refractivity contribution is 7.93. The van der Waals surface area contributed by atoms with Crippen molar-refractivity contribution in [2.24, 2.45) is 0 Å². The van der Waals surface area contributed by atoms with Crippen molar-refractivity contribution in [3.05, 3.63) is 68.5 Å². The molecule has 30 heavy (non-hydrogen) atoms. The minimum absolute atomic E-state index is 0.0936. The van der Waals surface area contributed by atoms with Crippen molar-refractivity contribution >= 4 is 60.6 Å². The molecule has 13 heteroatoms. The van der Waals surface area contributed by atoms with Crippen LogP contribution in [0.3, 0.4) is 0 Å². The van der Waals surface area contributed by atoms with Gasteiger partial charge in [-0.25, -0.2) is 18.4 Å². The molecule has 0 aliphatic carbocycles. The first kappa shape index (κ1) is 20.3. The number of thiazole rings is 2. The van der Waals surface area contributed by atoms with E-state index in [-0.39, 0.29) is 25.6 Å². The van der Waals surface area contributed by atoms with E-state index in [1.165, 1.54) is 22.7 Å². The summed E-state index contributed by atoms with van der Waals surface area (Å²) in [5, 5.41) is 19.5. The molecule has 0 atom stereocenters. The molecule has 152 valence electrons. The summed E-state index contributed by atoms with van der Waals surface area (Å²) in [6.07, 6.45) is 1.13. The molecule has 4 aromatic rings. The molecule has 1 aromatic carbocycles. The summed E-state index contributed by atoms with van der Waals surface area (Å²) in [5.41, 5.74) is 0.919. The van der Waals surface area contributed by atoms with Crippen LogP contribution in [0.15, 0.2) is 61.8 Å². The van der Waals surface area contributed by atoms with E-state index in [9.17, 15) is 23.3 Å². The zero-order chi connectivity index (χ0) is 21.3. The number of nitro groups is 1. The summed E-state index contributed by atoms with van der Waals surface area (Å²) in [5.74, 6) is -0.499. The molecule has 0 bridgehead atoms. The van der Waals surface area contributed by atoms with Crippen molar-refractivity contribution in [3.8, 4) is 10.6 Å². The van der Waals surface area contributed by atoms with E-state index in [1.54, 1.807) is 5.38 Å². The van der Waals surface area contributed by atoms with Gasteiger partial charge >= 0.3 is 0 Å². The highest BCUT2D eigenvalue weighted by atomic mass is 32.2. The first-order valence-corrected chi connectivity index (χ1v) is 12.2. The van der Waals surface area contributed by atoms with Gasteiger partial charge < -0.3 is 0 Å². The number of amides is 1. The lowest BCUT2D eigenvalue weighted by Crippen LogP contribution is -2.11. The molecule has 1 N–H and O–H groups in total. The second-order valence-corrected chi connectivity index (χ2v) is 10.6. The normalized spacial score (nSPS) is 11.3. The average Bonchev–Trinajstić information content (AvgIpc) is 3.48. The smallest absolute Gasteiger partial charge is 0.276 e. The predicted octanol–water partition coefficient (Wildman–Crippen LogP) is 4.32. The number of nitro benzene ring substituents is 1. The lowest BCUT2D eigenvalue weighted by molar-refractivity contribution is -0.384. The van der Waals surface area contributed by atoms with Crippen LogP contribution in [0.25, 0.3) is 10.6 Å². The Bertz CT molecular complexity index is 1320. The number of carbonyl (C=O) groups is 1. The molecule has 1 amide bonds. The Hall–Kier alpha value is -3.00. The summed E-state index contributed by atoms with van der Waals surface area (Å²) < 4.78 is 25.3. The van der Waals surface area contributed by atoms with Gasteiger partial charge in [0.05, 0.1) is 16.0 Å². The molecule has 0 saturated heterocycles. The molecule has 9 nitrogen and oxygen atoms in total. The number of benzene rings is 1. The van der Waals surface area contributed by atoms with Gasteiger partial charge in [0.25, 0.3) is 11.6 Å². The maximum Gasteiger partial charge on any atom is 0.276 e. The highest BCUT2D eigenvalue weighted by Crippen LogP contribution is 2.30. The molecule has 0 aliphatic heterocycles. The lowest BCUT2D eigenvalue weighted by atomic mass is 10.3. The third-order valence-electron chi connectivity index (χ3n) is 3.83. The largest absolute Gasteiger partial charge is 0.296 e. The third kappa shape index (κ3) is 4.00. The number of nitrogens with zero attached hydrogens (tertiary/aromatic N) is 3. The SMILES string of the molecule is O=C(Nc1ncc(S(=O)(=O)c2ccc([N+](=O)[O-])cc2)s1)c1csc(-c2ccsc2)n1. The fraction of sp³-hybridized carbons (Fsp3) is 0. The fourth-order valence-corrected chi connectivity index (χ4v) is 6.30. The summed E-state index contributed by atoms with van der Waals surface area (Å²) in [6, 6.07) is 6.45. The van der Waals surface area contributed by atoms with Crippen LogP contribution < -0.4 is 5.32 Å². The van der Waals surface area contributed by atoms with Gasteiger partial charge in [0, 0.05) is 28.5 Å². The maximum atomic E-state index is 12.7. The standard InChI is InChI=1S/C17H10N4O5S4/c22-15(13-9-28-16(19-13)10-5-6-27-8-10)20-17-18-7-14(29-17)30(25,26)12-3-1-11(2-4-12)21(23)24/h1-9H,(H,18,20,22). The zero-order valence-corrected chi connectivity index (χ0v) is 18.0. The van der Waals surface area contributed by atoms with Crippen molar-refractivity contribution in [1.29, 1.82) is 0 Å². The summed E-state index contributed by atoms with van der Waals surface area (Å²) >= 11 is 3.64. The van der Waals surface area contributed by atoms with E-state index in [0.29, 0.717) is 5.01 Å². The number of hydrogen-bond donors (Lipinski definition) is 1. The summed E-state index contributed by atoms with van der Waals surface area (Å²) in [6.45, 7) is 0. The summed E-state index contributed by atoms with van der Waals surface area (Å²) in [4.78, 5) is 30.7. The molecule has 0 saturated carbocycles. The second kappa shape index (κ2) is 8.02. The lowest BCUT2D eigenvalue weighted by Gasteiger charge is -2.01. The van der Waals surface area contributed by atoms with E-state index < -0.39 is 20.7 Å². The molecule has 0 aliphatic rings. The first-order chi connectivity index (χ1) is 14.3. The van der Waals surface area contributed by atoms with Crippen LogP contribution in [0.4, 0.5) is 10.8 Å². The van der Waals surface area contributed by atoms with E-state index in [1.807, 2.05) is 16.8 Å². The van der Waals surface area contributed by atoms with Crippen LogP contribution in [0.1, 0.15) is 10.5 Å². The van der Waals surface area contributed by atoms with Crippen LogP contribution in [0.5, 0.6) is 0 Å². The highest BCUT2D eigenvalue weighted by Gasteiger charge is 2.23. The number of anilines is 1. The minimum atomic E-state index is -3.92. The van der Waals surface area contributed by atoms with Crippen LogP contribution >= 0.6 is 34.0 Å². The summed E-state index contributed by atoms with van der Waals surface area (Å²) in [7, 11) is -3.92. The predicted molar refractivity (Wildman–Crippen MR) is 114 cm³/mol. The van der Waals surface area contributed by atoms with Gasteiger partial charge in [0.2, 0.25) is 9.84 Å². The Kier molecular flexibility index (Phi) is 5.42. The third-order valence-corrected chi connectivity index (χ3v) is 8.55. The van der Waals surface area contributed by atoms with Crippen molar-refractivity contribution in [3.63, 3.8) is 0 Å². The molecule has 0 unspecified atom stereocenters. The van der Waals surface area contributed by atoms with Gasteiger partial charge in [-0.3, -0.25) is 20.2 Å². The van der Waals surface area contributed by atoms with E-state index >= 15 is 0 Å². The Morgan fingerprint density at radius 3 is 2.57 bits per heavy atom. The van der Waals surface area contributed by atoms with Gasteiger partial charge in [-0.1, -0.05) is 11.3 Å². The maximum absolute atomic E-state index is 12.7. The minimum Gasteiger partial charge on any atom is -0.296 e. The number of hydrogen-bond acceptors (Lipinski definition) is 10. The zero-order valence-electron chi connectivity index (χ0n) is 14.7. The van der Waals surface area contributed by atoms with Gasteiger partial charge in [-0.05, 0) is 23.6 Å². The quantitative estimate of drug-likeness (QED) is 0.322. The molecule has 4 rings (SSSR count). The number of rotatable bonds is 6. The van der Waals surface area contributed by atoms with Crippen molar-refractivity contribution in [2.75, 3.05) is 5.32 Å². The fourth-order valence-electron chi connectivity index (χ4n) is 2.36. The molecular formula is C17H10N4O5S4. The first-order valence-electron chi connectivity index (χ1n) is 8.09. The molecular weight excluding hydrogens is 468 g/mol. The number of carbonyl (C=O) groups excluding carboxylic acids is 1. The number of sulfone groups is 1. The van der Waals surface area contributed by atoms with Gasteiger partial charge in [0.15, 0.2) is 5.13 Å². The van der Waals surface area contributed by atoms with Crippen LogP contribution in [-0.4, -0.2) is 29.2 Å². The van der Waals surface area contributed by atoms with Crippen molar-refractivity contribution in [1.82, 2.24) is 9.97 Å². The van der Waals surface area contributed by atoms with E-state index in [0.717, 1.165) is 47.4 Å². The molecule has 3 aromatic heterocycles. The number of aromatic nitrogens is 2. The number of thiophene rings is 1.